The van der Waals surface area contributed by atoms with E-state index in [1.54, 1.807) is 11.3 Å². The van der Waals surface area contributed by atoms with Crippen LogP contribution in [-0.2, 0) is 11.3 Å². The van der Waals surface area contributed by atoms with E-state index >= 15 is 0 Å². The predicted molar refractivity (Wildman–Crippen MR) is 83.1 cm³/mol. The summed E-state index contributed by atoms with van der Waals surface area (Å²) in [5.41, 5.74) is 0. The Balaban J connectivity index is 1.42. The molecule has 2 atom stereocenters. The van der Waals surface area contributed by atoms with Gasteiger partial charge >= 0.3 is 0 Å². The Morgan fingerprint density at radius 3 is 3.26 bits per heavy atom. The van der Waals surface area contributed by atoms with Crippen molar-refractivity contribution in [2.75, 3.05) is 26.2 Å². The van der Waals surface area contributed by atoms with Crippen LogP contribution in [0, 0.1) is 0 Å². The van der Waals surface area contributed by atoms with E-state index in [9.17, 15) is 0 Å². The summed E-state index contributed by atoms with van der Waals surface area (Å²) in [6.07, 6.45) is 2.96. The molecule has 3 nitrogen and oxygen atoms in total. The second-order valence-electron chi connectivity index (χ2n) is 5.21. The molecule has 0 spiro atoms. The normalized spacial score (nSPS) is 27.7. The van der Waals surface area contributed by atoms with Crippen molar-refractivity contribution in [2.24, 2.45) is 0 Å². The standard InChI is InChI=1S/C13H18BrClN2OS/c14-12-4-11(19-13(12)15)6-16-5-10-7-17-3-1-2-9(17)8-18-10/h4,9-10,16H,1-3,5-8H2. The van der Waals surface area contributed by atoms with Gasteiger partial charge < -0.3 is 10.1 Å². The molecule has 3 rings (SSSR count). The first-order valence-corrected chi connectivity index (χ1v) is 8.71. The molecule has 1 N–H and O–H groups in total. The number of nitrogens with one attached hydrogen (secondary N) is 1. The van der Waals surface area contributed by atoms with E-state index in [1.165, 1.54) is 24.3 Å². The van der Waals surface area contributed by atoms with Gasteiger partial charge in [0.25, 0.3) is 0 Å². The van der Waals surface area contributed by atoms with Crippen LogP contribution in [0.15, 0.2) is 10.5 Å². The lowest BCUT2D eigenvalue weighted by molar-refractivity contribution is -0.0470. The third-order valence-corrected chi connectivity index (χ3v) is 6.30. The van der Waals surface area contributed by atoms with E-state index < -0.39 is 0 Å². The molecule has 0 aromatic carbocycles. The van der Waals surface area contributed by atoms with Crippen LogP contribution in [-0.4, -0.2) is 43.3 Å². The minimum Gasteiger partial charge on any atom is -0.374 e. The minimum atomic E-state index is 0.327. The van der Waals surface area contributed by atoms with E-state index in [4.69, 9.17) is 16.3 Å². The minimum absolute atomic E-state index is 0.327. The first-order chi connectivity index (χ1) is 9.22. The summed E-state index contributed by atoms with van der Waals surface area (Å²) in [7, 11) is 0. The van der Waals surface area contributed by atoms with Crippen molar-refractivity contribution in [1.82, 2.24) is 10.2 Å². The first kappa shape index (κ1) is 14.3. The maximum Gasteiger partial charge on any atom is 0.107 e. The zero-order valence-corrected chi connectivity index (χ0v) is 13.9. The van der Waals surface area contributed by atoms with E-state index in [2.05, 4.69) is 32.2 Å². The Labute approximate surface area is 131 Å². The molecule has 0 aliphatic carbocycles. The summed E-state index contributed by atoms with van der Waals surface area (Å²) in [4.78, 5) is 3.83. The summed E-state index contributed by atoms with van der Waals surface area (Å²) in [5.74, 6) is 0. The van der Waals surface area contributed by atoms with Gasteiger partial charge in [-0.2, -0.15) is 0 Å². The molecule has 0 amide bonds. The van der Waals surface area contributed by atoms with Gasteiger partial charge in [0.15, 0.2) is 0 Å². The predicted octanol–water partition coefficient (Wildman–Crippen LogP) is 3.12. The summed E-state index contributed by atoms with van der Waals surface area (Å²) < 4.78 is 7.74. The van der Waals surface area contributed by atoms with Crippen molar-refractivity contribution >= 4 is 38.9 Å². The van der Waals surface area contributed by atoms with E-state index in [0.717, 1.165) is 35.1 Å². The molecule has 1 aromatic heterocycles. The molecule has 0 radical (unpaired) electrons. The fourth-order valence-corrected chi connectivity index (χ4v) is 4.60. The van der Waals surface area contributed by atoms with Gasteiger partial charge in [-0.1, -0.05) is 11.6 Å². The van der Waals surface area contributed by atoms with Gasteiger partial charge in [0.2, 0.25) is 0 Å². The maximum absolute atomic E-state index is 6.03. The Bertz CT molecular complexity index is 423. The van der Waals surface area contributed by atoms with Crippen LogP contribution in [0.5, 0.6) is 0 Å². The lowest BCUT2D eigenvalue weighted by Crippen LogP contribution is -2.49. The quantitative estimate of drug-likeness (QED) is 0.887. The van der Waals surface area contributed by atoms with Crippen molar-refractivity contribution in [3.63, 3.8) is 0 Å². The van der Waals surface area contributed by atoms with E-state index in [-0.39, 0.29) is 0 Å². The number of ether oxygens (including phenoxy) is 1. The number of hydrogen-bond donors (Lipinski definition) is 1. The van der Waals surface area contributed by atoms with Crippen molar-refractivity contribution in [1.29, 1.82) is 0 Å². The second kappa shape index (κ2) is 6.41. The fourth-order valence-electron chi connectivity index (χ4n) is 2.84. The SMILES string of the molecule is Clc1sc(CNCC2CN3CCCC3CO2)cc1Br. The van der Waals surface area contributed by atoms with Gasteiger partial charge in [0.1, 0.15) is 4.34 Å². The molecular weight excluding hydrogens is 348 g/mol. The van der Waals surface area contributed by atoms with Crippen molar-refractivity contribution in [3.8, 4) is 0 Å². The van der Waals surface area contributed by atoms with E-state index in [1.807, 2.05) is 0 Å². The smallest absolute Gasteiger partial charge is 0.107 e. The van der Waals surface area contributed by atoms with Gasteiger partial charge in [-0.3, -0.25) is 4.90 Å². The number of morpholine rings is 1. The Morgan fingerprint density at radius 1 is 1.58 bits per heavy atom. The third kappa shape index (κ3) is 3.52. The molecule has 2 aliphatic rings. The summed E-state index contributed by atoms with van der Waals surface area (Å²) in [6.45, 7) is 5.00. The van der Waals surface area contributed by atoms with E-state index in [0.29, 0.717) is 12.1 Å². The number of fused-ring (bicyclic) bond motifs is 1. The zero-order valence-electron chi connectivity index (χ0n) is 10.7. The molecule has 2 fully saturated rings. The lowest BCUT2D eigenvalue weighted by atomic mass is 10.2. The van der Waals surface area contributed by atoms with Crippen molar-refractivity contribution in [3.05, 3.63) is 19.8 Å². The number of halogens is 2. The van der Waals surface area contributed by atoms with Gasteiger partial charge in [0, 0.05) is 35.0 Å². The zero-order chi connectivity index (χ0) is 13.2. The number of rotatable bonds is 4. The molecule has 3 heterocycles. The summed E-state index contributed by atoms with van der Waals surface area (Å²) >= 11 is 11.1. The fraction of sp³-hybridized carbons (Fsp3) is 0.692. The van der Waals surface area contributed by atoms with Crippen molar-refractivity contribution in [2.45, 2.75) is 31.5 Å². The maximum atomic E-state index is 6.03. The second-order valence-corrected chi connectivity index (χ2v) is 7.80. The highest BCUT2D eigenvalue weighted by Gasteiger charge is 2.31. The third-order valence-electron chi connectivity index (χ3n) is 3.83. The summed E-state index contributed by atoms with van der Waals surface area (Å²) in [6, 6.07) is 2.77. The van der Waals surface area contributed by atoms with Gasteiger partial charge in [-0.25, -0.2) is 0 Å². The van der Waals surface area contributed by atoms with Crippen LogP contribution < -0.4 is 5.32 Å². The highest BCUT2D eigenvalue weighted by atomic mass is 79.9. The molecule has 106 valence electrons. The van der Waals surface area contributed by atoms with Crippen LogP contribution in [0.2, 0.25) is 4.34 Å². The van der Waals surface area contributed by atoms with Crippen LogP contribution >= 0.6 is 38.9 Å². The average molecular weight is 366 g/mol. The molecule has 2 aliphatic heterocycles. The number of hydrogen-bond acceptors (Lipinski definition) is 4. The van der Waals surface area contributed by atoms with Crippen LogP contribution in [0.1, 0.15) is 17.7 Å². The summed E-state index contributed by atoms with van der Waals surface area (Å²) in [5, 5.41) is 3.47. The van der Waals surface area contributed by atoms with Crippen LogP contribution in [0.25, 0.3) is 0 Å². The monoisotopic (exact) mass is 364 g/mol. The molecule has 0 saturated carbocycles. The molecule has 2 unspecified atom stereocenters. The molecule has 6 heteroatoms. The van der Waals surface area contributed by atoms with Crippen LogP contribution in [0.3, 0.4) is 0 Å². The van der Waals surface area contributed by atoms with Gasteiger partial charge in [-0.05, 0) is 41.4 Å². The first-order valence-electron chi connectivity index (χ1n) is 6.72. The number of thiophene rings is 1. The Hall–Kier alpha value is 0.350. The largest absolute Gasteiger partial charge is 0.374 e. The highest BCUT2D eigenvalue weighted by molar-refractivity contribution is 9.10. The highest BCUT2D eigenvalue weighted by Crippen LogP contribution is 2.31. The molecule has 1 aromatic rings. The molecule has 19 heavy (non-hydrogen) atoms. The van der Waals surface area contributed by atoms with Gasteiger partial charge in [-0.15, -0.1) is 11.3 Å². The molecular formula is C13H18BrClN2OS. The Morgan fingerprint density at radius 2 is 2.47 bits per heavy atom. The van der Waals surface area contributed by atoms with Gasteiger partial charge in [0.05, 0.1) is 12.7 Å². The lowest BCUT2D eigenvalue weighted by Gasteiger charge is -2.35. The number of nitrogens with zero attached hydrogens (tertiary/aromatic N) is 1. The topological polar surface area (TPSA) is 24.5 Å². The van der Waals surface area contributed by atoms with Crippen LogP contribution in [0.4, 0.5) is 0 Å². The average Bonchev–Trinajstić information content (AvgIpc) is 2.96. The molecule has 0 bridgehead atoms. The molecule has 2 saturated heterocycles. The Kier molecular flexibility index (Phi) is 4.82. The van der Waals surface area contributed by atoms with Crippen molar-refractivity contribution < 1.29 is 4.74 Å².